The van der Waals surface area contributed by atoms with Crippen LogP contribution in [0, 0.1) is 0 Å². The maximum atomic E-state index is 8.52. The van der Waals surface area contributed by atoms with Gasteiger partial charge in [0.2, 0.25) is 6.29 Å². The van der Waals surface area contributed by atoms with Gasteiger partial charge in [0.1, 0.15) is 6.54 Å². The molecule has 0 heterocycles. The van der Waals surface area contributed by atoms with E-state index < -0.39 is 6.29 Å². The number of aliphatic hydroxyl groups excluding tert-OH is 1. The van der Waals surface area contributed by atoms with E-state index in [9.17, 15) is 0 Å². The molecule has 4 heteroatoms. The van der Waals surface area contributed by atoms with Gasteiger partial charge in [-0.25, -0.2) is 0 Å². The van der Waals surface area contributed by atoms with Crippen LogP contribution in [0.25, 0.3) is 0 Å². The number of rotatable bonds is 4. The number of nitrogens with one attached hydrogen (secondary N) is 1. The Morgan fingerprint density at radius 1 is 1.20 bits per heavy atom. The third-order valence-electron chi connectivity index (χ3n) is 1.47. The van der Waals surface area contributed by atoms with E-state index in [1.807, 2.05) is 13.8 Å². The average molecular weight is 151 g/mol. The normalized spacial score (nSPS) is 10.2. The van der Waals surface area contributed by atoms with Crippen LogP contribution in [-0.2, 0) is 0 Å². The van der Waals surface area contributed by atoms with E-state index in [0.717, 1.165) is 13.1 Å². The number of likely N-dealkylation sites (N-methyl/N-ethyl adjacent to an activating group) is 1. The van der Waals surface area contributed by atoms with Gasteiger partial charge in [-0.1, -0.05) is 0 Å². The molecule has 0 bridgehead atoms. The summed E-state index contributed by atoms with van der Waals surface area (Å²) in [6, 6.07) is 0. The fraction of sp³-hybridized carbons (Fsp3) is 1.00. The largest absolute Gasteiger partial charge is 0.870 e. The topological polar surface area (TPSA) is 74.9 Å². The van der Waals surface area contributed by atoms with Crippen molar-refractivity contribution in [2.45, 2.75) is 20.1 Å². The minimum absolute atomic E-state index is 0. The van der Waals surface area contributed by atoms with Crippen molar-refractivity contribution in [3.8, 4) is 0 Å². The molecule has 0 aliphatic heterocycles. The predicted octanol–water partition coefficient (Wildman–Crippen LogP) is -1.95. The molecule has 0 aromatic rings. The summed E-state index contributed by atoms with van der Waals surface area (Å²) in [5.41, 5.74) is 0. The Labute approximate surface area is 61.4 Å². The zero-order valence-corrected chi connectivity index (χ0v) is 6.54. The third-order valence-corrected chi connectivity index (χ3v) is 1.47. The highest BCUT2D eigenvalue weighted by Crippen LogP contribution is 1.63. The Morgan fingerprint density at radius 2 is 1.60 bits per heavy atom. The average Bonchev–Trinajstić information content (AvgIpc) is 1.82. The minimum atomic E-state index is -1.15. The lowest BCUT2D eigenvalue weighted by Crippen LogP contribution is -3.12. The van der Waals surface area contributed by atoms with Crippen LogP contribution in [0.4, 0.5) is 0 Å². The molecular weight excluding hydrogens is 134 g/mol. The molecule has 0 aromatic heterocycles. The second-order valence-corrected chi connectivity index (χ2v) is 2.14. The van der Waals surface area contributed by atoms with Gasteiger partial charge in [0.25, 0.3) is 0 Å². The van der Waals surface area contributed by atoms with Gasteiger partial charge in [0.05, 0.1) is 13.1 Å². The number of hydrogen-bond acceptors (Lipinski definition) is 3. The van der Waals surface area contributed by atoms with Crippen molar-refractivity contribution in [3.05, 3.63) is 0 Å². The SMILES string of the molecule is CC[NH+](CC)CC(O)O.[OH-]. The Bertz CT molecular complexity index is 64.0. The van der Waals surface area contributed by atoms with E-state index in [1.54, 1.807) is 0 Å². The third kappa shape index (κ3) is 5.97. The molecule has 0 aromatic carbocycles. The molecule has 0 radical (unpaired) electrons. The first-order valence-corrected chi connectivity index (χ1v) is 3.40. The standard InChI is InChI=1S/C6H15NO2.H2O/c1-3-7(4-2)5-6(8)9;/h6,8-9H,3-5H2,1-2H3;1H2. The van der Waals surface area contributed by atoms with Gasteiger partial charge in [-0.15, -0.1) is 0 Å². The lowest BCUT2D eigenvalue weighted by atomic mass is 10.5. The molecule has 0 atom stereocenters. The first-order valence-electron chi connectivity index (χ1n) is 3.40. The zero-order valence-electron chi connectivity index (χ0n) is 6.54. The Morgan fingerprint density at radius 3 is 1.70 bits per heavy atom. The lowest BCUT2D eigenvalue weighted by Gasteiger charge is -2.15. The molecule has 0 aliphatic rings. The monoisotopic (exact) mass is 151 g/mol. The summed E-state index contributed by atoms with van der Waals surface area (Å²) in [5, 5.41) is 17.0. The molecule has 0 aliphatic carbocycles. The summed E-state index contributed by atoms with van der Waals surface area (Å²) < 4.78 is 0. The van der Waals surface area contributed by atoms with Gasteiger partial charge in [-0.3, -0.25) is 0 Å². The van der Waals surface area contributed by atoms with Crippen molar-refractivity contribution in [2.75, 3.05) is 19.6 Å². The van der Waals surface area contributed by atoms with Crippen LogP contribution in [0.3, 0.4) is 0 Å². The summed E-state index contributed by atoms with van der Waals surface area (Å²) in [5.74, 6) is 0. The fourth-order valence-corrected chi connectivity index (χ4v) is 0.797. The van der Waals surface area contributed by atoms with Gasteiger partial charge in [0, 0.05) is 0 Å². The van der Waals surface area contributed by atoms with Gasteiger partial charge < -0.3 is 20.6 Å². The molecule has 0 spiro atoms. The van der Waals surface area contributed by atoms with Crippen molar-refractivity contribution in [3.63, 3.8) is 0 Å². The predicted molar refractivity (Wildman–Crippen MR) is 37.1 cm³/mol. The van der Waals surface area contributed by atoms with Crippen molar-refractivity contribution in [1.82, 2.24) is 0 Å². The van der Waals surface area contributed by atoms with Gasteiger partial charge in [-0.05, 0) is 13.8 Å². The smallest absolute Gasteiger partial charge is 0.202 e. The zero-order chi connectivity index (χ0) is 7.28. The Kier molecular flexibility index (Phi) is 8.70. The summed E-state index contributed by atoms with van der Waals surface area (Å²) in [6.45, 7) is 6.40. The van der Waals surface area contributed by atoms with Gasteiger partial charge >= 0.3 is 0 Å². The lowest BCUT2D eigenvalue weighted by molar-refractivity contribution is -0.902. The van der Waals surface area contributed by atoms with Crippen LogP contribution >= 0.6 is 0 Å². The molecular formula is C6H17NO3. The minimum Gasteiger partial charge on any atom is -0.870 e. The molecule has 64 valence electrons. The van der Waals surface area contributed by atoms with Gasteiger partial charge in [-0.2, -0.15) is 0 Å². The van der Waals surface area contributed by atoms with Crippen LogP contribution in [0.2, 0.25) is 0 Å². The molecule has 0 fully saturated rings. The number of aliphatic hydroxyl groups is 2. The second-order valence-electron chi connectivity index (χ2n) is 2.14. The van der Waals surface area contributed by atoms with Crippen molar-refractivity contribution in [1.29, 1.82) is 0 Å². The summed E-state index contributed by atoms with van der Waals surface area (Å²) in [6.07, 6.45) is -1.15. The highest BCUT2D eigenvalue weighted by molar-refractivity contribution is 4.27. The first kappa shape index (κ1) is 12.5. The maximum Gasteiger partial charge on any atom is 0.202 e. The number of quaternary nitrogens is 1. The summed E-state index contributed by atoms with van der Waals surface area (Å²) in [4.78, 5) is 1.21. The van der Waals surface area contributed by atoms with E-state index in [4.69, 9.17) is 10.2 Å². The van der Waals surface area contributed by atoms with E-state index in [0.29, 0.717) is 6.54 Å². The molecule has 4 nitrogen and oxygen atoms in total. The Hall–Kier alpha value is -0.160. The van der Waals surface area contributed by atoms with E-state index >= 15 is 0 Å². The van der Waals surface area contributed by atoms with Crippen LogP contribution in [-0.4, -0.2) is 41.6 Å². The van der Waals surface area contributed by atoms with Crippen LogP contribution < -0.4 is 4.90 Å². The van der Waals surface area contributed by atoms with E-state index in [-0.39, 0.29) is 5.48 Å². The van der Waals surface area contributed by atoms with Crippen molar-refractivity contribution >= 4 is 0 Å². The summed E-state index contributed by atoms with van der Waals surface area (Å²) >= 11 is 0. The fourth-order valence-electron chi connectivity index (χ4n) is 0.797. The molecule has 0 saturated carbocycles. The maximum absolute atomic E-state index is 8.52. The Balaban J connectivity index is 0. The number of hydrogen-bond donors (Lipinski definition) is 3. The van der Waals surface area contributed by atoms with E-state index in [1.165, 1.54) is 4.90 Å². The molecule has 0 saturated heterocycles. The highest BCUT2D eigenvalue weighted by Gasteiger charge is 2.06. The van der Waals surface area contributed by atoms with Crippen LogP contribution in [0.15, 0.2) is 0 Å². The van der Waals surface area contributed by atoms with E-state index in [2.05, 4.69) is 0 Å². The van der Waals surface area contributed by atoms with Crippen LogP contribution in [0.1, 0.15) is 13.8 Å². The summed E-state index contributed by atoms with van der Waals surface area (Å²) in [7, 11) is 0. The molecule has 0 amide bonds. The second kappa shape index (κ2) is 6.95. The molecule has 0 rings (SSSR count). The highest BCUT2D eigenvalue weighted by atomic mass is 16.5. The van der Waals surface area contributed by atoms with Crippen LogP contribution in [0.5, 0.6) is 0 Å². The first-order chi connectivity index (χ1) is 4.20. The molecule has 10 heavy (non-hydrogen) atoms. The van der Waals surface area contributed by atoms with Gasteiger partial charge in [0.15, 0.2) is 0 Å². The molecule has 4 N–H and O–H groups in total. The van der Waals surface area contributed by atoms with Crippen molar-refractivity contribution in [2.24, 2.45) is 0 Å². The van der Waals surface area contributed by atoms with Crippen molar-refractivity contribution < 1.29 is 20.6 Å². The molecule has 0 unspecified atom stereocenters. The quantitative estimate of drug-likeness (QED) is 0.409.